The molecule has 44 heavy (non-hydrogen) atoms. The lowest BCUT2D eigenvalue weighted by molar-refractivity contribution is -0.169. The van der Waals surface area contributed by atoms with Gasteiger partial charge in [0.05, 0.1) is 47.7 Å². The fourth-order valence-corrected chi connectivity index (χ4v) is 6.08. The molecule has 0 aliphatic carbocycles. The molecule has 0 bridgehead atoms. The Morgan fingerprint density at radius 1 is 1.11 bits per heavy atom. The number of nitrogens with one attached hydrogen (secondary N) is 1. The minimum atomic E-state index is -1.91. The Hall–Kier alpha value is -4.97. The van der Waals surface area contributed by atoms with E-state index in [0.717, 1.165) is 49.6 Å². The van der Waals surface area contributed by atoms with Gasteiger partial charge in [0.1, 0.15) is 13.3 Å². The molecule has 4 N–H and O–H groups in total. The Morgan fingerprint density at radius 3 is 2.66 bits per heavy atom. The van der Waals surface area contributed by atoms with Crippen LogP contribution in [0.1, 0.15) is 34.7 Å². The van der Waals surface area contributed by atoms with Gasteiger partial charge < -0.3 is 30.2 Å². The number of aromatic nitrogens is 3. The van der Waals surface area contributed by atoms with Gasteiger partial charge in [0.2, 0.25) is 5.91 Å². The number of esters is 1. The standard InChI is InChI=1S/C33H29N5O6/c1-17-22-13-38-27(10-24-23(31(38)40)15-44-32(41)33(24,2)42)30(22)37-26-8-7-25-21(29(17)26)9-20(12-35-25)19-5-3-18(4-6-19)14-43-16-36-28(39)11-34/h3-10,12,42H,11,13-16,34H2,1-2H3,(H,36,39)/t33-/m0/s1. The zero-order chi connectivity index (χ0) is 30.7. The zero-order valence-electron chi connectivity index (χ0n) is 24.1. The van der Waals surface area contributed by atoms with Crippen LogP contribution in [0.5, 0.6) is 0 Å². The summed E-state index contributed by atoms with van der Waals surface area (Å²) in [4.78, 5) is 46.8. The minimum absolute atomic E-state index is 0.0796. The number of pyridine rings is 3. The van der Waals surface area contributed by atoms with Crippen LogP contribution < -0.4 is 16.6 Å². The van der Waals surface area contributed by atoms with Crippen LogP contribution in [0.3, 0.4) is 0 Å². The maximum Gasteiger partial charge on any atom is 0.342 e. The lowest BCUT2D eigenvalue weighted by Gasteiger charge is -2.29. The first kappa shape index (κ1) is 27.8. The van der Waals surface area contributed by atoms with E-state index in [0.29, 0.717) is 24.5 Å². The average molecular weight is 592 g/mol. The highest BCUT2D eigenvalue weighted by Crippen LogP contribution is 2.40. The minimum Gasteiger partial charge on any atom is -0.458 e. The van der Waals surface area contributed by atoms with Gasteiger partial charge in [-0.3, -0.25) is 14.6 Å². The van der Waals surface area contributed by atoms with Crippen LogP contribution >= 0.6 is 0 Å². The van der Waals surface area contributed by atoms with Gasteiger partial charge in [-0.05, 0) is 54.8 Å². The van der Waals surface area contributed by atoms with Gasteiger partial charge >= 0.3 is 5.97 Å². The summed E-state index contributed by atoms with van der Waals surface area (Å²) >= 11 is 0. The first-order chi connectivity index (χ1) is 21.2. The summed E-state index contributed by atoms with van der Waals surface area (Å²) in [6, 6.07) is 15.6. The summed E-state index contributed by atoms with van der Waals surface area (Å²) in [6.45, 7) is 3.88. The second kappa shape index (κ2) is 10.3. The molecule has 11 nitrogen and oxygen atoms in total. The van der Waals surface area contributed by atoms with Crippen molar-refractivity contribution in [1.29, 1.82) is 0 Å². The van der Waals surface area contributed by atoms with Crippen molar-refractivity contribution in [3.8, 4) is 22.5 Å². The number of aliphatic hydroxyl groups is 1. The molecule has 2 aromatic carbocycles. The third-order valence-electron chi connectivity index (χ3n) is 8.53. The fourth-order valence-electron chi connectivity index (χ4n) is 6.08. The summed E-state index contributed by atoms with van der Waals surface area (Å²) in [5, 5.41) is 15.4. The van der Waals surface area contributed by atoms with Gasteiger partial charge in [0.15, 0.2) is 5.60 Å². The van der Waals surface area contributed by atoms with Gasteiger partial charge in [0, 0.05) is 33.7 Å². The monoisotopic (exact) mass is 591 g/mol. The number of hydrogen-bond donors (Lipinski definition) is 3. The number of benzene rings is 2. The molecule has 0 spiro atoms. The smallest absolute Gasteiger partial charge is 0.342 e. The van der Waals surface area contributed by atoms with E-state index in [4.69, 9.17) is 25.2 Å². The third kappa shape index (κ3) is 4.36. The summed E-state index contributed by atoms with van der Waals surface area (Å²) in [5.41, 5.74) is 11.2. The van der Waals surface area contributed by atoms with Gasteiger partial charge in [-0.15, -0.1) is 0 Å². The summed E-state index contributed by atoms with van der Waals surface area (Å²) in [6.07, 6.45) is 1.84. The molecule has 1 atom stereocenters. The molecular formula is C33H29N5O6. The molecule has 2 aliphatic heterocycles. The molecule has 7 rings (SSSR count). The topological polar surface area (TPSA) is 159 Å². The number of fused-ring (bicyclic) bond motifs is 7. The predicted octanol–water partition coefficient (Wildman–Crippen LogP) is 2.76. The Labute approximate surface area is 251 Å². The number of carbonyl (C=O) groups is 2. The maximum absolute atomic E-state index is 13.5. The lowest BCUT2D eigenvalue weighted by atomic mass is 9.89. The van der Waals surface area contributed by atoms with Crippen LogP contribution in [0.4, 0.5) is 0 Å². The average Bonchev–Trinajstić information content (AvgIpc) is 3.40. The Morgan fingerprint density at radius 2 is 1.89 bits per heavy atom. The summed E-state index contributed by atoms with van der Waals surface area (Å²) in [7, 11) is 0. The second-order valence-electron chi connectivity index (χ2n) is 11.3. The fraction of sp³-hybridized carbons (Fsp3) is 0.242. The SMILES string of the molecule is Cc1c2c(nc3ccc4ncc(-c5ccc(COCNC(=O)CN)cc5)cc4c13)-c1cc3c(c(=O)n1C2)COC(=O)[C@@]3(C)O. The van der Waals surface area contributed by atoms with Crippen LogP contribution in [-0.4, -0.2) is 44.8 Å². The maximum atomic E-state index is 13.5. The highest BCUT2D eigenvalue weighted by atomic mass is 16.6. The van der Waals surface area contributed by atoms with Crippen LogP contribution in [0.15, 0.2) is 59.5 Å². The van der Waals surface area contributed by atoms with Gasteiger partial charge in [-0.1, -0.05) is 24.3 Å². The van der Waals surface area contributed by atoms with Crippen molar-refractivity contribution < 1.29 is 24.2 Å². The Bertz CT molecular complexity index is 2080. The molecule has 11 heteroatoms. The first-order valence-corrected chi connectivity index (χ1v) is 14.2. The van der Waals surface area contributed by atoms with Gasteiger partial charge in [0.25, 0.3) is 5.56 Å². The van der Waals surface area contributed by atoms with Gasteiger partial charge in [-0.2, -0.15) is 0 Å². The normalized spacial score (nSPS) is 16.9. The molecule has 5 aromatic rings. The van der Waals surface area contributed by atoms with Crippen molar-refractivity contribution in [2.45, 2.75) is 39.2 Å². The van der Waals surface area contributed by atoms with Crippen LogP contribution in [-0.2, 0) is 44.4 Å². The zero-order valence-corrected chi connectivity index (χ0v) is 24.1. The first-order valence-electron chi connectivity index (χ1n) is 14.2. The van der Waals surface area contributed by atoms with E-state index < -0.39 is 11.6 Å². The van der Waals surface area contributed by atoms with E-state index in [2.05, 4.69) is 11.4 Å². The number of aryl methyl sites for hydroxylation is 1. The molecule has 3 aromatic heterocycles. The molecular weight excluding hydrogens is 562 g/mol. The molecule has 1 amide bonds. The highest BCUT2D eigenvalue weighted by molar-refractivity contribution is 6.09. The number of carbonyl (C=O) groups excluding carboxylic acids is 2. The molecule has 222 valence electrons. The van der Waals surface area contributed by atoms with Crippen molar-refractivity contribution in [3.05, 3.63) is 92.9 Å². The van der Waals surface area contributed by atoms with Gasteiger partial charge in [-0.25, -0.2) is 9.78 Å². The van der Waals surface area contributed by atoms with Crippen molar-refractivity contribution in [2.24, 2.45) is 5.73 Å². The number of amides is 1. The number of cyclic esters (lactones) is 1. The number of nitrogens with zero attached hydrogens (tertiary/aromatic N) is 3. The van der Waals surface area contributed by atoms with Crippen LogP contribution in [0.2, 0.25) is 0 Å². The Balaban J connectivity index is 1.26. The largest absolute Gasteiger partial charge is 0.458 e. The molecule has 0 saturated carbocycles. The molecule has 2 aliphatic rings. The van der Waals surface area contributed by atoms with E-state index in [1.54, 1.807) is 10.6 Å². The lowest BCUT2D eigenvalue weighted by Crippen LogP contribution is -2.42. The number of hydrogen-bond acceptors (Lipinski definition) is 9. The van der Waals surface area contributed by atoms with Crippen molar-refractivity contribution in [3.63, 3.8) is 0 Å². The van der Waals surface area contributed by atoms with Crippen LogP contribution in [0, 0.1) is 6.92 Å². The number of rotatable bonds is 6. The highest BCUT2D eigenvalue weighted by Gasteiger charge is 2.43. The number of ether oxygens (including phenoxy) is 2. The van der Waals surface area contributed by atoms with Crippen molar-refractivity contribution >= 4 is 33.7 Å². The van der Waals surface area contributed by atoms with E-state index >= 15 is 0 Å². The summed E-state index contributed by atoms with van der Waals surface area (Å²) in [5.74, 6) is -1.05. The molecule has 0 radical (unpaired) electrons. The second-order valence-corrected chi connectivity index (χ2v) is 11.3. The molecule has 0 fully saturated rings. The van der Waals surface area contributed by atoms with E-state index in [1.165, 1.54) is 6.92 Å². The third-order valence-corrected chi connectivity index (χ3v) is 8.53. The van der Waals surface area contributed by atoms with E-state index in [1.807, 2.05) is 49.5 Å². The molecule has 0 saturated heterocycles. The van der Waals surface area contributed by atoms with Crippen molar-refractivity contribution in [1.82, 2.24) is 19.9 Å². The van der Waals surface area contributed by atoms with Crippen molar-refractivity contribution in [2.75, 3.05) is 13.3 Å². The molecule has 0 unspecified atom stereocenters. The Kier molecular flexibility index (Phi) is 6.54. The number of nitrogens with two attached hydrogens (primary N) is 1. The summed E-state index contributed by atoms with van der Waals surface area (Å²) < 4.78 is 12.3. The van der Waals surface area contributed by atoms with Crippen LogP contribution in [0.25, 0.3) is 44.3 Å². The van der Waals surface area contributed by atoms with E-state index in [9.17, 15) is 19.5 Å². The van der Waals surface area contributed by atoms with E-state index in [-0.39, 0.29) is 42.5 Å². The predicted molar refractivity (Wildman–Crippen MR) is 162 cm³/mol. The molecule has 5 heterocycles. The quantitative estimate of drug-likeness (QED) is 0.115.